The molecule has 0 aliphatic carbocycles. The van der Waals surface area contributed by atoms with Crippen LogP contribution in [0.1, 0.15) is 24.6 Å². The van der Waals surface area contributed by atoms with Crippen LogP contribution in [-0.4, -0.2) is 39.8 Å². The Morgan fingerprint density at radius 1 is 1.42 bits per heavy atom. The van der Waals surface area contributed by atoms with Crippen LogP contribution in [0.2, 0.25) is 0 Å². The maximum absolute atomic E-state index is 13.0. The van der Waals surface area contributed by atoms with Crippen molar-refractivity contribution in [2.24, 2.45) is 5.92 Å². The number of amides is 3. The number of hydrogen-bond acceptors (Lipinski definition) is 4. The van der Waals surface area contributed by atoms with E-state index in [9.17, 15) is 22.8 Å². The molecule has 0 radical (unpaired) electrons. The van der Waals surface area contributed by atoms with Crippen LogP contribution >= 0.6 is 0 Å². The summed E-state index contributed by atoms with van der Waals surface area (Å²) in [6.45, 7) is 1.33. The molecule has 1 aliphatic heterocycles. The van der Waals surface area contributed by atoms with E-state index in [1.54, 1.807) is 6.92 Å². The van der Waals surface area contributed by atoms with E-state index < -0.39 is 36.1 Å². The second-order valence-corrected chi connectivity index (χ2v) is 5.48. The highest BCUT2D eigenvalue weighted by molar-refractivity contribution is 5.96. The Kier molecular flexibility index (Phi) is 5.07. The van der Waals surface area contributed by atoms with Gasteiger partial charge in [-0.3, -0.25) is 14.7 Å². The molecule has 0 aromatic carbocycles. The smallest absolute Gasteiger partial charge is 0.322 e. The number of alkyl halides is 3. The number of imide groups is 1. The number of halogens is 3. The summed E-state index contributed by atoms with van der Waals surface area (Å²) in [5.41, 5.74) is -1.37. The molecule has 1 fully saturated rings. The summed E-state index contributed by atoms with van der Waals surface area (Å²) in [6.07, 6.45) is -3.45. The van der Waals surface area contributed by atoms with E-state index in [0.29, 0.717) is 0 Å². The summed E-state index contributed by atoms with van der Waals surface area (Å²) in [5, 5.41) is 8.83. The molecular formula is C15H15F3N4O2. The molecule has 2 heterocycles. The van der Waals surface area contributed by atoms with Gasteiger partial charge in [-0.2, -0.15) is 18.4 Å². The lowest BCUT2D eigenvalue weighted by Gasteiger charge is -2.34. The van der Waals surface area contributed by atoms with Gasteiger partial charge in [0, 0.05) is 25.7 Å². The molecule has 24 heavy (non-hydrogen) atoms. The molecule has 0 saturated carbocycles. The van der Waals surface area contributed by atoms with Gasteiger partial charge in [-0.25, -0.2) is 4.79 Å². The fourth-order valence-electron chi connectivity index (χ4n) is 2.41. The summed E-state index contributed by atoms with van der Waals surface area (Å²) in [7, 11) is 0. The Labute approximate surface area is 136 Å². The third kappa shape index (κ3) is 3.82. The van der Waals surface area contributed by atoms with Crippen molar-refractivity contribution in [2.75, 3.05) is 13.1 Å². The van der Waals surface area contributed by atoms with E-state index in [1.807, 2.05) is 6.07 Å². The summed E-state index contributed by atoms with van der Waals surface area (Å²) in [4.78, 5) is 30.1. The van der Waals surface area contributed by atoms with Crippen molar-refractivity contribution in [2.45, 2.75) is 26.1 Å². The van der Waals surface area contributed by atoms with Gasteiger partial charge in [-0.1, -0.05) is 0 Å². The van der Waals surface area contributed by atoms with Crippen molar-refractivity contribution in [3.63, 3.8) is 0 Å². The van der Waals surface area contributed by atoms with Crippen molar-refractivity contribution >= 4 is 11.9 Å². The highest BCUT2D eigenvalue weighted by Gasteiger charge is 2.37. The monoisotopic (exact) mass is 340 g/mol. The second-order valence-electron chi connectivity index (χ2n) is 5.48. The van der Waals surface area contributed by atoms with Crippen LogP contribution in [0.3, 0.4) is 0 Å². The van der Waals surface area contributed by atoms with Crippen molar-refractivity contribution in [3.8, 4) is 6.07 Å². The van der Waals surface area contributed by atoms with Crippen LogP contribution in [0.25, 0.3) is 0 Å². The Bertz CT molecular complexity index is 684. The van der Waals surface area contributed by atoms with E-state index in [0.717, 1.165) is 17.0 Å². The molecule has 1 aliphatic rings. The first-order valence-corrected chi connectivity index (χ1v) is 7.24. The predicted octanol–water partition coefficient (Wildman–Crippen LogP) is 2.41. The lowest BCUT2D eigenvalue weighted by atomic mass is 10.1. The van der Waals surface area contributed by atoms with Crippen molar-refractivity contribution < 1.29 is 22.8 Å². The fourth-order valence-corrected chi connectivity index (χ4v) is 2.41. The normalized spacial score (nSPS) is 17.0. The molecule has 1 aromatic heterocycles. The first-order valence-electron chi connectivity index (χ1n) is 7.24. The Morgan fingerprint density at radius 2 is 2.12 bits per heavy atom. The fraction of sp³-hybridized carbons (Fsp3) is 0.467. The number of carbonyl (C=O) groups excluding carboxylic acids is 2. The van der Waals surface area contributed by atoms with Gasteiger partial charge in [0.05, 0.1) is 29.8 Å². The van der Waals surface area contributed by atoms with Crippen molar-refractivity contribution in [1.82, 2.24) is 14.8 Å². The van der Waals surface area contributed by atoms with Gasteiger partial charge >= 0.3 is 12.2 Å². The van der Waals surface area contributed by atoms with Crippen LogP contribution in [0, 0.1) is 17.2 Å². The topological polar surface area (TPSA) is 77.3 Å². The summed E-state index contributed by atoms with van der Waals surface area (Å²) in [6, 6.07) is 3.28. The zero-order valence-corrected chi connectivity index (χ0v) is 12.9. The maximum Gasteiger partial charge on any atom is 0.418 e. The third-order valence-corrected chi connectivity index (χ3v) is 3.62. The number of carbonyl (C=O) groups is 2. The predicted molar refractivity (Wildman–Crippen MR) is 76.2 cm³/mol. The van der Waals surface area contributed by atoms with Crippen LogP contribution < -0.4 is 0 Å². The Balaban J connectivity index is 2.23. The van der Waals surface area contributed by atoms with Crippen LogP contribution in [0.5, 0.6) is 0 Å². The van der Waals surface area contributed by atoms with Crippen LogP contribution in [0.4, 0.5) is 18.0 Å². The summed E-state index contributed by atoms with van der Waals surface area (Å²) in [5.74, 6) is -0.996. The number of hydrogen-bond donors (Lipinski definition) is 0. The first-order chi connectivity index (χ1) is 11.2. The van der Waals surface area contributed by atoms with E-state index in [-0.39, 0.29) is 25.2 Å². The Morgan fingerprint density at radius 3 is 2.75 bits per heavy atom. The zero-order valence-electron chi connectivity index (χ0n) is 12.9. The van der Waals surface area contributed by atoms with E-state index in [1.165, 1.54) is 11.1 Å². The number of aromatic nitrogens is 1. The highest BCUT2D eigenvalue weighted by Crippen LogP contribution is 2.31. The molecule has 1 saturated heterocycles. The summed E-state index contributed by atoms with van der Waals surface area (Å²) < 4.78 is 39.0. The van der Waals surface area contributed by atoms with E-state index in [2.05, 4.69) is 4.98 Å². The molecule has 1 atom stereocenters. The van der Waals surface area contributed by atoms with Crippen LogP contribution in [-0.2, 0) is 17.5 Å². The quantitative estimate of drug-likeness (QED) is 0.843. The molecule has 1 aromatic rings. The zero-order chi connectivity index (χ0) is 17.9. The van der Waals surface area contributed by atoms with Crippen molar-refractivity contribution in [3.05, 3.63) is 29.6 Å². The van der Waals surface area contributed by atoms with E-state index >= 15 is 0 Å². The van der Waals surface area contributed by atoms with Gasteiger partial charge in [0.25, 0.3) is 0 Å². The molecule has 0 bridgehead atoms. The molecule has 1 unspecified atom stereocenters. The molecule has 0 N–H and O–H groups in total. The Hall–Kier alpha value is -2.63. The second kappa shape index (κ2) is 6.86. The van der Waals surface area contributed by atoms with Crippen LogP contribution in [0.15, 0.2) is 18.3 Å². The molecule has 128 valence electrons. The van der Waals surface area contributed by atoms with Gasteiger partial charge in [0.15, 0.2) is 0 Å². The minimum Gasteiger partial charge on any atom is -0.322 e. The molecule has 0 spiro atoms. The van der Waals surface area contributed by atoms with Crippen molar-refractivity contribution in [1.29, 1.82) is 5.26 Å². The average Bonchev–Trinajstić information content (AvgIpc) is 2.53. The summed E-state index contributed by atoms with van der Waals surface area (Å²) >= 11 is 0. The van der Waals surface area contributed by atoms with Gasteiger partial charge in [-0.15, -0.1) is 0 Å². The standard InChI is InChI=1S/C15H15F3N4O2/c1-10(7-19)8-21-6-4-13(23)22(14(21)24)9-12-11(15(16,17)18)3-2-5-20-12/h2-3,5,10H,4,6,8-9H2,1H3. The molecular weight excluding hydrogens is 325 g/mol. The first kappa shape index (κ1) is 17.7. The largest absolute Gasteiger partial charge is 0.418 e. The minimum atomic E-state index is -4.62. The number of nitrogens with zero attached hydrogens (tertiary/aromatic N) is 4. The van der Waals surface area contributed by atoms with Gasteiger partial charge in [-0.05, 0) is 19.1 Å². The van der Waals surface area contributed by atoms with E-state index in [4.69, 9.17) is 5.26 Å². The molecule has 2 rings (SSSR count). The third-order valence-electron chi connectivity index (χ3n) is 3.62. The SMILES string of the molecule is CC(C#N)CN1CCC(=O)N(Cc2ncccc2C(F)(F)F)C1=O. The number of urea groups is 1. The minimum absolute atomic E-state index is 0.00191. The number of rotatable bonds is 4. The maximum atomic E-state index is 13.0. The molecule has 6 nitrogen and oxygen atoms in total. The van der Waals surface area contributed by atoms with Gasteiger partial charge < -0.3 is 4.90 Å². The number of pyridine rings is 1. The average molecular weight is 340 g/mol. The number of nitriles is 1. The van der Waals surface area contributed by atoms with Gasteiger partial charge in [0.2, 0.25) is 5.91 Å². The lowest BCUT2D eigenvalue weighted by molar-refractivity contribution is -0.140. The molecule has 9 heteroatoms. The highest BCUT2D eigenvalue weighted by atomic mass is 19.4. The molecule has 3 amide bonds. The lowest BCUT2D eigenvalue weighted by Crippen LogP contribution is -2.52. The van der Waals surface area contributed by atoms with Gasteiger partial charge in [0.1, 0.15) is 0 Å².